The standard InChI is InChI=1S/C14H13ClFNO2/c1-19-14-5-2-9(6-12(14)16)8-17-10-3-4-13(18)11(15)7-10/h2-7,17-18H,8H2,1H3. The summed E-state index contributed by atoms with van der Waals surface area (Å²) < 4.78 is 18.3. The lowest BCUT2D eigenvalue weighted by molar-refractivity contribution is 0.386. The van der Waals surface area contributed by atoms with Crippen LogP contribution in [0.1, 0.15) is 5.56 Å². The van der Waals surface area contributed by atoms with E-state index in [1.54, 1.807) is 24.3 Å². The number of nitrogens with one attached hydrogen (secondary N) is 1. The van der Waals surface area contributed by atoms with Crippen LogP contribution in [0.4, 0.5) is 10.1 Å². The van der Waals surface area contributed by atoms with Gasteiger partial charge in [0, 0.05) is 12.2 Å². The summed E-state index contributed by atoms with van der Waals surface area (Å²) in [6.07, 6.45) is 0. The second-order valence-corrected chi connectivity index (χ2v) is 4.40. The Labute approximate surface area is 115 Å². The average molecular weight is 282 g/mol. The van der Waals surface area contributed by atoms with Crippen LogP contribution < -0.4 is 10.1 Å². The number of phenolic OH excluding ortho intramolecular Hbond substituents is 1. The SMILES string of the molecule is COc1ccc(CNc2ccc(O)c(Cl)c2)cc1F. The van der Waals surface area contributed by atoms with E-state index in [2.05, 4.69) is 5.32 Å². The number of hydrogen-bond donors (Lipinski definition) is 2. The second kappa shape index (κ2) is 5.80. The van der Waals surface area contributed by atoms with E-state index in [-0.39, 0.29) is 16.5 Å². The van der Waals surface area contributed by atoms with Gasteiger partial charge >= 0.3 is 0 Å². The van der Waals surface area contributed by atoms with E-state index < -0.39 is 5.82 Å². The van der Waals surface area contributed by atoms with Gasteiger partial charge < -0.3 is 15.2 Å². The molecule has 0 unspecified atom stereocenters. The minimum Gasteiger partial charge on any atom is -0.506 e. The van der Waals surface area contributed by atoms with E-state index in [4.69, 9.17) is 16.3 Å². The molecule has 3 nitrogen and oxygen atoms in total. The van der Waals surface area contributed by atoms with Crippen molar-refractivity contribution in [3.8, 4) is 11.5 Å². The van der Waals surface area contributed by atoms with Crippen molar-refractivity contribution in [1.82, 2.24) is 0 Å². The van der Waals surface area contributed by atoms with E-state index in [0.717, 1.165) is 11.3 Å². The molecule has 0 heterocycles. The third-order valence-corrected chi connectivity index (χ3v) is 2.96. The molecule has 2 aromatic carbocycles. The van der Waals surface area contributed by atoms with Crippen LogP contribution in [0.2, 0.25) is 5.02 Å². The summed E-state index contributed by atoms with van der Waals surface area (Å²) >= 11 is 5.79. The Kier molecular flexibility index (Phi) is 4.12. The molecule has 2 rings (SSSR count). The molecule has 0 amide bonds. The highest BCUT2D eigenvalue weighted by molar-refractivity contribution is 6.32. The number of benzene rings is 2. The lowest BCUT2D eigenvalue weighted by Crippen LogP contribution is -2.00. The van der Waals surface area contributed by atoms with Gasteiger partial charge in [0.2, 0.25) is 0 Å². The summed E-state index contributed by atoms with van der Waals surface area (Å²) in [6.45, 7) is 0.446. The molecule has 0 fully saturated rings. The molecule has 0 spiro atoms. The zero-order chi connectivity index (χ0) is 13.8. The average Bonchev–Trinajstić information content (AvgIpc) is 2.40. The molecule has 0 atom stereocenters. The normalized spacial score (nSPS) is 10.3. The van der Waals surface area contributed by atoms with Crippen molar-refractivity contribution in [1.29, 1.82) is 0 Å². The van der Waals surface area contributed by atoms with Crippen LogP contribution in [0.15, 0.2) is 36.4 Å². The number of anilines is 1. The van der Waals surface area contributed by atoms with E-state index >= 15 is 0 Å². The van der Waals surface area contributed by atoms with E-state index in [1.807, 2.05) is 0 Å². The predicted octanol–water partition coefficient (Wildman–Crippen LogP) is 3.81. The lowest BCUT2D eigenvalue weighted by atomic mass is 10.2. The molecular weight excluding hydrogens is 269 g/mol. The summed E-state index contributed by atoms with van der Waals surface area (Å²) in [7, 11) is 1.43. The number of rotatable bonds is 4. The van der Waals surface area contributed by atoms with Crippen molar-refractivity contribution >= 4 is 17.3 Å². The van der Waals surface area contributed by atoms with Gasteiger partial charge in [-0.15, -0.1) is 0 Å². The fourth-order valence-electron chi connectivity index (χ4n) is 1.64. The maximum Gasteiger partial charge on any atom is 0.165 e. The molecule has 2 aromatic rings. The summed E-state index contributed by atoms with van der Waals surface area (Å²) in [5, 5.41) is 12.7. The summed E-state index contributed by atoms with van der Waals surface area (Å²) in [4.78, 5) is 0. The van der Waals surface area contributed by atoms with Gasteiger partial charge in [0.05, 0.1) is 12.1 Å². The highest BCUT2D eigenvalue weighted by atomic mass is 35.5. The zero-order valence-corrected chi connectivity index (χ0v) is 11.0. The Morgan fingerprint density at radius 1 is 1.26 bits per heavy atom. The highest BCUT2D eigenvalue weighted by Crippen LogP contribution is 2.26. The maximum absolute atomic E-state index is 13.5. The van der Waals surface area contributed by atoms with Crippen LogP contribution in [0, 0.1) is 5.82 Å². The Morgan fingerprint density at radius 2 is 2.05 bits per heavy atom. The molecule has 0 aliphatic heterocycles. The fourth-order valence-corrected chi connectivity index (χ4v) is 1.82. The largest absolute Gasteiger partial charge is 0.506 e. The molecule has 0 aliphatic rings. The van der Waals surface area contributed by atoms with Gasteiger partial charge in [0.25, 0.3) is 0 Å². The molecule has 2 N–H and O–H groups in total. The number of aromatic hydroxyl groups is 1. The number of methoxy groups -OCH3 is 1. The predicted molar refractivity (Wildman–Crippen MR) is 73.4 cm³/mol. The molecule has 0 aliphatic carbocycles. The van der Waals surface area contributed by atoms with Gasteiger partial charge in [-0.05, 0) is 35.9 Å². The number of phenols is 1. The van der Waals surface area contributed by atoms with Gasteiger partial charge in [-0.3, -0.25) is 0 Å². The molecule has 0 aromatic heterocycles. The van der Waals surface area contributed by atoms with Crippen molar-refractivity contribution in [2.24, 2.45) is 0 Å². The van der Waals surface area contributed by atoms with Crippen LogP contribution in [-0.2, 0) is 6.54 Å². The Morgan fingerprint density at radius 3 is 2.68 bits per heavy atom. The Balaban J connectivity index is 2.05. The first kappa shape index (κ1) is 13.5. The van der Waals surface area contributed by atoms with Crippen molar-refractivity contribution < 1.29 is 14.2 Å². The van der Waals surface area contributed by atoms with E-state index in [9.17, 15) is 9.50 Å². The molecular formula is C14H13ClFNO2. The van der Waals surface area contributed by atoms with Crippen molar-refractivity contribution in [3.05, 3.63) is 52.8 Å². The minimum atomic E-state index is -0.398. The fraction of sp³-hybridized carbons (Fsp3) is 0.143. The molecule has 0 radical (unpaired) electrons. The highest BCUT2D eigenvalue weighted by Gasteiger charge is 2.04. The smallest absolute Gasteiger partial charge is 0.165 e. The number of hydrogen-bond acceptors (Lipinski definition) is 3. The monoisotopic (exact) mass is 281 g/mol. The summed E-state index contributed by atoms with van der Waals surface area (Å²) in [6, 6.07) is 9.57. The van der Waals surface area contributed by atoms with Crippen molar-refractivity contribution in [2.75, 3.05) is 12.4 Å². The molecule has 5 heteroatoms. The third kappa shape index (κ3) is 3.29. The van der Waals surface area contributed by atoms with Crippen LogP contribution in [0.3, 0.4) is 0 Å². The van der Waals surface area contributed by atoms with Gasteiger partial charge in [0.15, 0.2) is 11.6 Å². The van der Waals surface area contributed by atoms with Crippen molar-refractivity contribution in [2.45, 2.75) is 6.54 Å². The van der Waals surface area contributed by atoms with Gasteiger partial charge in [-0.25, -0.2) is 4.39 Å². The Hall–Kier alpha value is -1.94. The summed E-state index contributed by atoms with van der Waals surface area (Å²) in [5.41, 5.74) is 1.53. The van der Waals surface area contributed by atoms with E-state index in [1.165, 1.54) is 19.2 Å². The quantitative estimate of drug-likeness (QED) is 0.838. The first-order valence-electron chi connectivity index (χ1n) is 5.65. The third-order valence-electron chi connectivity index (χ3n) is 2.66. The maximum atomic E-state index is 13.5. The zero-order valence-electron chi connectivity index (χ0n) is 10.3. The minimum absolute atomic E-state index is 0.0303. The number of halogens is 2. The number of ether oxygens (including phenoxy) is 1. The van der Waals surface area contributed by atoms with E-state index in [0.29, 0.717) is 6.54 Å². The van der Waals surface area contributed by atoms with Gasteiger partial charge in [-0.1, -0.05) is 17.7 Å². The molecule has 0 bridgehead atoms. The molecule has 100 valence electrons. The first-order valence-corrected chi connectivity index (χ1v) is 6.03. The van der Waals surface area contributed by atoms with Crippen LogP contribution in [0.5, 0.6) is 11.5 Å². The molecule has 0 saturated carbocycles. The summed E-state index contributed by atoms with van der Waals surface area (Å²) in [5.74, 6) is -0.148. The topological polar surface area (TPSA) is 41.5 Å². The first-order chi connectivity index (χ1) is 9.10. The van der Waals surface area contributed by atoms with Crippen molar-refractivity contribution in [3.63, 3.8) is 0 Å². The molecule has 19 heavy (non-hydrogen) atoms. The second-order valence-electron chi connectivity index (χ2n) is 3.99. The lowest BCUT2D eigenvalue weighted by Gasteiger charge is -2.09. The van der Waals surface area contributed by atoms with Gasteiger partial charge in [0.1, 0.15) is 5.75 Å². The van der Waals surface area contributed by atoms with Gasteiger partial charge in [-0.2, -0.15) is 0 Å². The molecule has 0 saturated heterocycles. The van der Waals surface area contributed by atoms with Crippen LogP contribution in [0.25, 0.3) is 0 Å². The van der Waals surface area contributed by atoms with Crippen LogP contribution >= 0.6 is 11.6 Å². The Bertz CT molecular complexity index is 590. The van der Waals surface area contributed by atoms with Crippen LogP contribution in [-0.4, -0.2) is 12.2 Å².